The van der Waals surface area contributed by atoms with Gasteiger partial charge in [-0.25, -0.2) is 0 Å². The van der Waals surface area contributed by atoms with Gasteiger partial charge in [-0.3, -0.25) is 14.7 Å². The Kier molecular flexibility index (Phi) is 7.52. The van der Waals surface area contributed by atoms with Crippen LogP contribution in [0.3, 0.4) is 0 Å². The Morgan fingerprint density at radius 3 is 2.66 bits per heavy atom. The lowest BCUT2D eigenvalue weighted by molar-refractivity contribution is -0.131. The van der Waals surface area contributed by atoms with E-state index < -0.39 is 5.60 Å². The number of carbonyl (C=O) groups excluding carboxylic acids is 1. The van der Waals surface area contributed by atoms with E-state index in [1.165, 1.54) is 0 Å². The lowest BCUT2D eigenvalue weighted by Gasteiger charge is -2.46. The molecule has 0 aromatic heterocycles. The fraction of sp³-hybridized carbons (Fsp3) is 0.826. The van der Waals surface area contributed by atoms with Crippen molar-refractivity contribution in [2.45, 2.75) is 83.4 Å². The molecule has 2 fully saturated rings. The molecule has 6 heteroatoms. The molecule has 6 nitrogen and oxygen atoms in total. The predicted molar refractivity (Wildman–Crippen MR) is 118 cm³/mol. The molecule has 3 rings (SSSR count). The summed E-state index contributed by atoms with van der Waals surface area (Å²) in [5.41, 5.74) is 1.33. The van der Waals surface area contributed by atoms with Gasteiger partial charge in [-0.1, -0.05) is 13.0 Å². The Morgan fingerprint density at radius 1 is 1.24 bits per heavy atom. The highest BCUT2D eigenvalue weighted by Crippen LogP contribution is 2.37. The topological polar surface area (TPSA) is 68.2 Å². The summed E-state index contributed by atoms with van der Waals surface area (Å²) in [6.45, 7) is 9.67. The van der Waals surface area contributed by atoms with E-state index in [0.29, 0.717) is 24.5 Å². The quantitative estimate of drug-likeness (QED) is 0.756. The number of nitrogens with one attached hydrogen (secondary N) is 1. The van der Waals surface area contributed by atoms with E-state index in [1.54, 1.807) is 0 Å². The first-order valence-corrected chi connectivity index (χ1v) is 11.5. The molecule has 2 atom stereocenters. The summed E-state index contributed by atoms with van der Waals surface area (Å²) >= 11 is 0. The third-order valence-corrected chi connectivity index (χ3v) is 7.17. The zero-order valence-corrected chi connectivity index (χ0v) is 18.8. The van der Waals surface area contributed by atoms with Crippen molar-refractivity contribution in [3.63, 3.8) is 0 Å². The standard InChI is InChI=1S/C23H40N4O2/c1-17-6-7-18(2)25-22(17)23(29)11-8-20(9-12-23)27-14-5-13-26(15-10-19(27)3)21(28)16-24-4/h7,17,19-20,24,29H,5-6,8-16H2,1-4H3/t17-,19?,20?,23?/m0/s1. The molecular weight excluding hydrogens is 364 g/mol. The summed E-state index contributed by atoms with van der Waals surface area (Å²) in [7, 11) is 1.83. The second kappa shape index (κ2) is 9.71. The van der Waals surface area contributed by atoms with Crippen LogP contribution in [0, 0.1) is 5.92 Å². The third kappa shape index (κ3) is 5.28. The molecule has 2 N–H and O–H groups in total. The minimum Gasteiger partial charge on any atom is -0.384 e. The van der Waals surface area contributed by atoms with E-state index in [0.717, 1.165) is 76.0 Å². The van der Waals surface area contributed by atoms with Crippen molar-refractivity contribution in [2.24, 2.45) is 10.9 Å². The zero-order chi connectivity index (χ0) is 21.0. The van der Waals surface area contributed by atoms with Crippen LogP contribution in [0.2, 0.25) is 0 Å². The molecule has 3 aliphatic rings. The Hall–Kier alpha value is -1.24. The fourth-order valence-electron chi connectivity index (χ4n) is 5.38. The highest BCUT2D eigenvalue weighted by atomic mass is 16.3. The summed E-state index contributed by atoms with van der Waals surface area (Å²) in [5.74, 6) is 0.546. The number of rotatable bonds is 4. The molecule has 1 unspecified atom stereocenters. The van der Waals surface area contributed by atoms with Crippen LogP contribution in [0.15, 0.2) is 16.8 Å². The molecule has 1 saturated carbocycles. The smallest absolute Gasteiger partial charge is 0.236 e. The molecule has 0 spiro atoms. The van der Waals surface area contributed by atoms with Gasteiger partial charge in [0, 0.05) is 43.3 Å². The Balaban J connectivity index is 1.58. The summed E-state index contributed by atoms with van der Waals surface area (Å²) in [6.07, 6.45) is 8.87. The van der Waals surface area contributed by atoms with Gasteiger partial charge >= 0.3 is 0 Å². The summed E-state index contributed by atoms with van der Waals surface area (Å²) in [5, 5.41) is 14.4. The minimum atomic E-state index is -0.728. The van der Waals surface area contributed by atoms with Crippen LogP contribution in [0.1, 0.15) is 65.7 Å². The molecule has 2 aliphatic heterocycles. The molecule has 29 heavy (non-hydrogen) atoms. The van der Waals surface area contributed by atoms with Crippen LogP contribution >= 0.6 is 0 Å². The van der Waals surface area contributed by atoms with Crippen molar-refractivity contribution in [1.82, 2.24) is 15.1 Å². The largest absolute Gasteiger partial charge is 0.384 e. The number of likely N-dealkylation sites (N-methyl/N-ethyl adjacent to an activating group) is 1. The number of aliphatic hydroxyl groups is 1. The molecule has 0 aromatic rings. The Labute approximate surface area is 176 Å². The Bertz CT molecular complexity index is 637. The van der Waals surface area contributed by atoms with Crippen LogP contribution < -0.4 is 5.32 Å². The second-order valence-corrected chi connectivity index (χ2v) is 9.38. The normalized spacial score (nSPS) is 34.8. The SMILES string of the molecule is CNCC(=O)N1CCCN(C2CCC(O)(C3=NC(C)=CC[C@@H]3C)CC2)C(C)CC1. The maximum atomic E-state index is 12.2. The van der Waals surface area contributed by atoms with Crippen LogP contribution in [0.25, 0.3) is 0 Å². The van der Waals surface area contributed by atoms with Gasteiger partial charge in [0.1, 0.15) is 5.60 Å². The first kappa shape index (κ1) is 22.4. The van der Waals surface area contributed by atoms with Gasteiger partial charge in [-0.05, 0) is 65.8 Å². The number of nitrogens with zero attached hydrogens (tertiary/aromatic N) is 3. The van der Waals surface area contributed by atoms with Crippen molar-refractivity contribution in [2.75, 3.05) is 33.2 Å². The fourth-order valence-corrected chi connectivity index (χ4v) is 5.38. The summed E-state index contributed by atoms with van der Waals surface area (Å²) < 4.78 is 0. The lowest BCUT2D eigenvalue weighted by atomic mass is 9.74. The van der Waals surface area contributed by atoms with Gasteiger partial charge in [0.15, 0.2) is 0 Å². The van der Waals surface area contributed by atoms with Crippen molar-refractivity contribution < 1.29 is 9.90 Å². The van der Waals surface area contributed by atoms with E-state index in [-0.39, 0.29) is 5.91 Å². The number of amides is 1. The average molecular weight is 405 g/mol. The van der Waals surface area contributed by atoms with Crippen LogP contribution in [0.5, 0.6) is 0 Å². The van der Waals surface area contributed by atoms with Crippen LogP contribution in [-0.2, 0) is 4.79 Å². The number of allylic oxidation sites excluding steroid dienone is 2. The second-order valence-electron chi connectivity index (χ2n) is 9.38. The molecule has 1 aliphatic carbocycles. The van der Waals surface area contributed by atoms with Crippen molar-refractivity contribution in [3.05, 3.63) is 11.8 Å². The molecule has 0 aromatic carbocycles. The lowest BCUT2D eigenvalue weighted by Crippen LogP contribution is -2.53. The zero-order valence-electron chi connectivity index (χ0n) is 18.8. The maximum absolute atomic E-state index is 12.2. The number of hydrogen-bond acceptors (Lipinski definition) is 5. The van der Waals surface area contributed by atoms with Gasteiger partial charge in [-0.15, -0.1) is 0 Å². The number of carbonyl (C=O) groups is 1. The van der Waals surface area contributed by atoms with E-state index in [4.69, 9.17) is 4.99 Å². The van der Waals surface area contributed by atoms with Gasteiger partial charge in [-0.2, -0.15) is 0 Å². The molecule has 0 radical (unpaired) electrons. The monoisotopic (exact) mass is 404 g/mol. The minimum absolute atomic E-state index is 0.211. The van der Waals surface area contributed by atoms with Crippen LogP contribution in [0.4, 0.5) is 0 Å². The molecule has 0 bridgehead atoms. The first-order chi connectivity index (χ1) is 13.8. The number of hydrogen-bond donors (Lipinski definition) is 2. The highest BCUT2D eigenvalue weighted by Gasteiger charge is 2.42. The van der Waals surface area contributed by atoms with E-state index in [1.807, 2.05) is 18.9 Å². The van der Waals surface area contributed by atoms with E-state index in [2.05, 4.69) is 30.1 Å². The molecular formula is C23H40N4O2. The molecule has 164 valence electrons. The molecule has 2 heterocycles. The Morgan fingerprint density at radius 2 is 1.97 bits per heavy atom. The molecule has 1 amide bonds. The van der Waals surface area contributed by atoms with Crippen molar-refractivity contribution in [1.29, 1.82) is 0 Å². The van der Waals surface area contributed by atoms with E-state index >= 15 is 0 Å². The summed E-state index contributed by atoms with van der Waals surface area (Å²) in [6, 6.07) is 0.994. The number of aliphatic imine (C=N–C) groups is 1. The maximum Gasteiger partial charge on any atom is 0.236 e. The first-order valence-electron chi connectivity index (χ1n) is 11.5. The van der Waals surface area contributed by atoms with Crippen molar-refractivity contribution in [3.8, 4) is 0 Å². The van der Waals surface area contributed by atoms with Crippen LogP contribution in [-0.4, -0.2) is 77.4 Å². The highest BCUT2D eigenvalue weighted by molar-refractivity contribution is 5.95. The van der Waals surface area contributed by atoms with Gasteiger partial charge < -0.3 is 15.3 Å². The average Bonchev–Trinajstić information content (AvgIpc) is 2.68. The third-order valence-electron chi connectivity index (χ3n) is 7.17. The van der Waals surface area contributed by atoms with Gasteiger partial charge in [0.2, 0.25) is 5.91 Å². The van der Waals surface area contributed by atoms with Gasteiger partial charge in [0.05, 0.1) is 12.3 Å². The van der Waals surface area contributed by atoms with E-state index in [9.17, 15) is 9.90 Å². The molecule has 1 saturated heterocycles. The summed E-state index contributed by atoms with van der Waals surface area (Å²) in [4.78, 5) is 21.6. The van der Waals surface area contributed by atoms with Crippen molar-refractivity contribution >= 4 is 11.6 Å². The van der Waals surface area contributed by atoms with Gasteiger partial charge in [0.25, 0.3) is 0 Å². The predicted octanol–water partition coefficient (Wildman–Crippen LogP) is 2.58.